The molecule has 0 bridgehead atoms. The van der Waals surface area contributed by atoms with Crippen molar-refractivity contribution >= 4 is 11.9 Å². The smallest absolute Gasteiger partial charge is 0.308 e. The lowest BCUT2D eigenvalue weighted by atomic mass is 10.0. The van der Waals surface area contributed by atoms with E-state index in [1.54, 1.807) is 4.90 Å². The predicted molar refractivity (Wildman–Crippen MR) is 70.1 cm³/mol. The molecule has 1 saturated heterocycles. The van der Waals surface area contributed by atoms with E-state index in [-0.39, 0.29) is 18.3 Å². The van der Waals surface area contributed by atoms with Crippen LogP contribution in [0.1, 0.15) is 53.4 Å². The van der Waals surface area contributed by atoms with E-state index in [0.29, 0.717) is 18.9 Å². The van der Waals surface area contributed by atoms with E-state index < -0.39 is 5.60 Å². The Kier molecular flexibility index (Phi) is 5.17. The molecule has 1 atom stereocenters. The van der Waals surface area contributed by atoms with Crippen LogP contribution < -0.4 is 0 Å². The van der Waals surface area contributed by atoms with E-state index in [4.69, 9.17) is 4.74 Å². The van der Waals surface area contributed by atoms with Crippen molar-refractivity contribution in [2.75, 3.05) is 13.1 Å². The van der Waals surface area contributed by atoms with Gasteiger partial charge in [0.05, 0.1) is 6.42 Å². The fraction of sp³-hybridized carbons (Fsp3) is 0.857. The highest BCUT2D eigenvalue weighted by atomic mass is 16.6. The van der Waals surface area contributed by atoms with Gasteiger partial charge in [-0.3, -0.25) is 9.59 Å². The van der Waals surface area contributed by atoms with E-state index in [1.807, 2.05) is 20.8 Å². The Morgan fingerprint density at radius 3 is 2.67 bits per heavy atom. The van der Waals surface area contributed by atoms with E-state index >= 15 is 0 Å². The van der Waals surface area contributed by atoms with Gasteiger partial charge in [-0.25, -0.2) is 0 Å². The van der Waals surface area contributed by atoms with Gasteiger partial charge in [0.2, 0.25) is 5.91 Å². The lowest BCUT2D eigenvalue weighted by molar-refractivity contribution is -0.155. The number of ether oxygens (including phenoxy) is 1. The third-order valence-corrected chi connectivity index (χ3v) is 3.10. The number of nitrogens with zero attached hydrogens (tertiary/aromatic N) is 1. The molecule has 0 aromatic heterocycles. The van der Waals surface area contributed by atoms with E-state index in [2.05, 4.69) is 6.92 Å². The maximum atomic E-state index is 11.8. The van der Waals surface area contributed by atoms with Gasteiger partial charge in [-0.1, -0.05) is 6.92 Å². The first kappa shape index (κ1) is 15.0. The summed E-state index contributed by atoms with van der Waals surface area (Å²) < 4.78 is 5.24. The van der Waals surface area contributed by atoms with Gasteiger partial charge in [-0.2, -0.15) is 0 Å². The molecule has 1 aliphatic heterocycles. The molecule has 0 spiro atoms. The quantitative estimate of drug-likeness (QED) is 0.727. The highest BCUT2D eigenvalue weighted by Gasteiger charge is 2.22. The Labute approximate surface area is 110 Å². The number of rotatable bonds is 3. The van der Waals surface area contributed by atoms with Gasteiger partial charge >= 0.3 is 5.97 Å². The number of hydrogen-bond donors (Lipinski definition) is 0. The van der Waals surface area contributed by atoms with Gasteiger partial charge in [-0.05, 0) is 39.5 Å². The first-order valence-corrected chi connectivity index (χ1v) is 6.77. The third-order valence-electron chi connectivity index (χ3n) is 3.10. The van der Waals surface area contributed by atoms with Gasteiger partial charge in [0.15, 0.2) is 0 Å². The molecular weight excluding hydrogens is 230 g/mol. The minimum absolute atomic E-state index is 0.169. The van der Waals surface area contributed by atoms with Crippen LogP contribution in [-0.4, -0.2) is 35.5 Å². The summed E-state index contributed by atoms with van der Waals surface area (Å²) in [5.41, 5.74) is -0.450. The molecule has 0 N–H and O–H groups in total. The standard InChI is InChI=1S/C14H25NO3/c1-11-5-6-12(16)15(9-7-11)10-8-13(17)18-14(2,3)4/h11H,5-10H2,1-4H3. The van der Waals surface area contributed by atoms with E-state index in [9.17, 15) is 9.59 Å². The minimum Gasteiger partial charge on any atom is -0.460 e. The van der Waals surface area contributed by atoms with Crippen molar-refractivity contribution in [2.24, 2.45) is 5.92 Å². The van der Waals surface area contributed by atoms with Crippen molar-refractivity contribution in [2.45, 2.75) is 59.0 Å². The van der Waals surface area contributed by atoms with Crippen LogP contribution in [0.3, 0.4) is 0 Å². The number of carbonyl (C=O) groups excluding carboxylic acids is 2. The van der Waals surface area contributed by atoms with Crippen LogP contribution in [0.15, 0.2) is 0 Å². The molecule has 4 nitrogen and oxygen atoms in total. The number of esters is 1. The summed E-state index contributed by atoms with van der Waals surface area (Å²) >= 11 is 0. The summed E-state index contributed by atoms with van der Waals surface area (Å²) in [5, 5.41) is 0. The average molecular weight is 255 g/mol. The normalized spacial score (nSPS) is 21.7. The summed E-state index contributed by atoms with van der Waals surface area (Å²) in [7, 11) is 0. The molecule has 1 fully saturated rings. The van der Waals surface area contributed by atoms with Gasteiger partial charge in [0.1, 0.15) is 5.60 Å². The average Bonchev–Trinajstić information content (AvgIpc) is 2.37. The SMILES string of the molecule is CC1CCC(=O)N(CCC(=O)OC(C)(C)C)CC1. The maximum absolute atomic E-state index is 11.8. The molecule has 104 valence electrons. The molecule has 18 heavy (non-hydrogen) atoms. The van der Waals surface area contributed by atoms with Crippen molar-refractivity contribution in [3.8, 4) is 0 Å². The summed E-state index contributed by atoms with van der Waals surface area (Å²) in [6, 6.07) is 0. The van der Waals surface area contributed by atoms with Crippen LogP contribution in [0.25, 0.3) is 0 Å². The summed E-state index contributed by atoms with van der Waals surface area (Å²) in [4.78, 5) is 25.2. The highest BCUT2D eigenvalue weighted by molar-refractivity contribution is 5.77. The Hall–Kier alpha value is -1.06. The van der Waals surface area contributed by atoms with Crippen molar-refractivity contribution in [1.29, 1.82) is 0 Å². The number of likely N-dealkylation sites (tertiary alicyclic amines) is 1. The maximum Gasteiger partial charge on any atom is 0.308 e. The van der Waals surface area contributed by atoms with Crippen LogP contribution >= 0.6 is 0 Å². The second kappa shape index (κ2) is 6.21. The second-order valence-corrected chi connectivity index (χ2v) is 6.15. The van der Waals surface area contributed by atoms with Crippen LogP contribution in [0.2, 0.25) is 0 Å². The van der Waals surface area contributed by atoms with Crippen LogP contribution in [0.5, 0.6) is 0 Å². The molecule has 1 heterocycles. The number of amides is 1. The molecule has 0 saturated carbocycles. The predicted octanol–water partition coefficient (Wildman–Crippen LogP) is 2.37. The zero-order valence-corrected chi connectivity index (χ0v) is 12.0. The lowest BCUT2D eigenvalue weighted by Gasteiger charge is -2.23. The van der Waals surface area contributed by atoms with Crippen molar-refractivity contribution < 1.29 is 14.3 Å². The Morgan fingerprint density at radius 2 is 2.06 bits per heavy atom. The Morgan fingerprint density at radius 1 is 1.39 bits per heavy atom. The third kappa shape index (κ3) is 5.52. The van der Waals surface area contributed by atoms with Crippen LogP contribution in [0, 0.1) is 5.92 Å². The fourth-order valence-corrected chi connectivity index (χ4v) is 2.03. The van der Waals surface area contributed by atoms with Gasteiger partial charge in [0, 0.05) is 19.5 Å². The molecular formula is C14H25NO3. The van der Waals surface area contributed by atoms with Gasteiger partial charge in [-0.15, -0.1) is 0 Å². The Balaban J connectivity index is 2.38. The first-order valence-electron chi connectivity index (χ1n) is 6.77. The molecule has 1 rings (SSSR count). The minimum atomic E-state index is -0.450. The van der Waals surface area contributed by atoms with Gasteiger partial charge < -0.3 is 9.64 Å². The fourth-order valence-electron chi connectivity index (χ4n) is 2.03. The second-order valence-electron chi connectivity index (χ2n) is 6.15. The number of carbonyl (C=O) groups is 2. The zero-order chi connectivity index (χ0) is 13.8. The van der Waals surface area contributed by atoms with Gasteiger partial charge in [0.25, 0.3) is 0 Å². The molecule has 1 aliphatic rings. The molecule has 0 aromatic carbocycles. The summed E-state index contributed by atoms with van der Waals surface area (Å²) in [6.45, 7) is 8.98. The largest absolute Gasteiger partial charge is 0.460 e. The van der Waals surface area contributed by atoms with Crippen LogP contribution in [0.4, 0.5) is 0 Å². The summed E-state index contributed by atoms with van der Waals surface area (Å²) in [6.07, 6.45) is 2.88. The molecule has 1 amide bonds. The van der Waals surface area contributed by atoms with Crippen LogP contribution in [-0.2, 0) is 14.3 Å². The van der Waals surface area contributed by atoms with E-state index in [1.165, 1.54) is 0 Å². The first-order chi connectivity index (χ1) is 8.28. The van der Waals surface area contributed by atoms with E-state index in [0.717, 1.165) is 19.4 Å². The highest BCUT2D eigenvalue weighted by Crippen LogP contribution is 2.18. The molecule has 0 aliphatic carbocycles. The molecule has 4 heteroatoms. The topological polar surface area (TPSA) is 46.6 Å². The number of hydrogen-bond acceptors (Lipinski definition) is 3. The van der Waals surface area contributed by atoms with Crippen molar-refractivity contribution in [3.63, 3.8) is 0 Å². The molecule has 0 aromatic rings. The molecule has 1 unspecified atom stereocenters. The van der Waals surface area contributed by atoms with Crippen molar-refractivity contribution in [1.82, 2.24) is 4.90 Å². The molecule has 0 radical (unpaired) electrons. The lowest BCUT2D eigenvalue weighted by Crippen LogP contribution is -2.34. The summed E-state index contributed by atoms with van der Waals surface area (Å²) in [5.74, 6) is 0.538. The van der Waals surface area contributed by atoms with Crippen molar-refractivity contribution in [3.05, 3.63) is 0 Å². The monoisotopic (exact) mass is 255 g/mol. The Bertz CT molecular complexity index is 307. The zero-order valence-electron chi connectivity index (χ0n) is 12.0.